The third-order valence-electron chi connectivity index (χ3n) is 2.13. The van der Waals surface area contributed by atoms with E-state index in [0.29, 0.717) is 0 Å². The van der Waals surface area contributed by atoms with Crippen LogP contribution < -0.4 is 0 Å². The third-order valence-corrected chi connectivity index (χ3v) is 2.13. The Bertz CT molecular complexity index is 378. The Labute approximate surface area is 86.7 Å². The predicted molar refractivity (Wildman–Crippen MR) is 49.8 cm³/mol. The van der Waals surface area contributed by atoms with Gasteiger partial charge in [-0.3, -0.25) is 0 Å². The molecule has 0 aromatic heterocycles. The van der Waals surface area contributed by atoms with Crippen molar-refractivity contribution in [1.82, 2.24) is 0 Å². The minimum absolute atomic E-state index is 0.567. The molecule has 0 saturated heterocycles. The van der Waals surface area contributed by atoms with Crippen LogP contribution in [0.25, 0.3) is 0 Å². The van der Waals surface area contributed by atoms with Gasteiger partial charge in [-0.25, -0.2) is 17.6 Å². The second-order valence-corrected chi connectivity index (χ2v) is 3.98. The van der Waals surface area contributed by atoms with Gasteiger partial charge in [-0.2, -0.15) is 0 Å². The van der Waals surface area contributed by atoms with Crippen LogP contribution in [0.15, 0.2) is 0 Å². The van der Waals surface area contributed by atoms with Crippen molar-refractivity contribution < 1.29 is 17.6 Å². The van der Waals surface area contributed by atoms with Gasteiger partial charge in [0.25, 0.3) is 0 Å². The average Bonchev–Trinajstić information content (AvgIpc) is 2.09. The molecule has 1 rings (SSSR count). The Hall–Kier alpha value is -0.995. The number of rotatable bonds is 1. The highest BCUT2D eigenvalue weighted by atomic mass is 19.2. The summed E-state index contributed by atoms with van der Waals surface area (Å²) in [4.78, 5) is 0. The van der Waals surface area contributed by atoms with Crippen molar-refractivity contribution in [3.63, 3.8) is 0 Å². The number of benzene rings is 1. The van der Waals surface area contributed by atoms with Gasteiger partial charge in [0.15, 0.2) is 17.5 Å². The van der Waals surface area contributed by atoms with Gasteiger partial charge < -0.3 is 0 Å². The maximum atomic E-state index is 13.5. The van der Waals surface area contributed by atoms with Crippen molar-refractivity contribution >= 4 is 7.85 Å². The summed E-state index contributed by atoms with van der Waals surface area (Å²) in [7, 11) is 5.48. The van der Waals surface area contributed by atoms with Crippen LogP contribution >= 0.6 is 0 Å². The number of hydrogen-bond acceptors (Lipinski definition) is 0. The first-order valence-electron chi connectivity index (χ1n) is 4.29. The molecular formula is C10H9BF4. The maximum Gasteiger partial charge on any atom is 0.195 e. The van der Waals surface area contributed by atoms with Crippen molar-refractivity contribution in [1.29, 1.82) is 0 Å². The maximum absolute atomic E-state index is 13.5. The van der Waals surface area contributed by atoms with Gasteiger partial charge in [0.1, 0.15) is 5.82 Å². The van der Waals surface area contributed by atoms with Gasteiger partial charge in [-0.05, 0) is 12.2 Å². The summed E-state index contributed by atoms with van der Waals surface area (Å²) in [5.74, 6) is -5.91. The smallest absolute Gasteiger partial charge is 0.195 e. The first-order chi connectivity index (χ1) is 6.68. The summed E-state index contributed by atoms with van der Waals surface area (Å²) >= 11 is 0. The van der Waals surface area contributed by atoms with Gasteiger partial charge in [0.05, 0.1) is 7.85 Å². The van der Waals surface area contributed by atoms with E-state index in [-0.39, 0.29) is 0 Å². The molecule has 2 radical (unpaired) electrons. The van der Waals surface area contributed by atoms with E-state index in [9.17, 15) is 17.6 Å². The molecule has 80 valence electrons. The molecule has 1 aromatic rings. The molecule has 0 saturated carbocycles. The predicted octanol–water partition coefficient (Wildman–Crippen LogP) is 2.96. The molecule has 0 fully saturated rings. The van der Waals surface area contributed by atoms with Crippen molar-refractivity contribution in [2.24, 2.45) is 0 Å². The van der Waals surface area contributed by atoms with Crippen LogP contribution in [0.3, 0.4) is 0 Å². The first-order valence-corrected chi connectivity index (χ1v) is 4.29. The van der Waals surface area contributed by atoms with E-state index in [2.05, 4.69) is 0 Å². The summed E-state index contributed by atoms with van der Waals surface area (Å²) in [6, 6.07) is 0. The molecule has 0 unspecified atom stereocenters. The summed E-state index contributed by atoms with van der Waals surface area (Å²) in [6.45, 7) is 3.65. The highest BCUT2D eigenvalue weighted by molar-refractivity contribution is 6.15. The van der Waals surface area contributed by atoms with Gasteiger partial charge in [0, 0.05) is 11.1 Å². The van der Waals surface area contributed by atoms with Gasteiger partial charge in [0.2, 0.25) is 0 Å². The van der Waals surface area contributed by atoms with E-state index < -0.39 is 39.7 Å². The Balaban J connectivity index is 3.68. The van der Waals surface area contributed by atoms with Gasteiger partial charge in [-0.15, -0.1) is 0 Å². The average molecular weight is 216 g/mol. The molecule has 5 heteroatoms. The lowest BCUT2D eigenvalue weighted by atomic mass is 9.67. The highest BCUT2D eigenvalue weighted by Crippen LogP contribution is 2.30. The topological polar surface area (TPSA) is 0 Å². The van der Waals surface area contributed by atoms with Crippen molar-refractivity contribution in [3.8, 4) is 0 Å². The van der Waals surface area contributed by atoms with Crippen molar-refractivity contribution in [2.75, 3.05) is 0 Å². The molecule has 0 heterocycles. The molecule has 0 N–H and O–H groups in total. The normalized spacial score (nSPS) is 11.9. The van der Waals surface area contributed by atoms with Crippen LogP contribution in [0, 0.1) is 30.2 Å². The summed E-state index contributed by atoms with van der Waals surface area (Å²) in [5.41, 5.74) is -1.21. The zero-order valence-electron chi connectivity index (χ0n) is 8.59. The lowest BCUT2D eigenvalue weighted by molar-refractivity contribution is 0.410. The first kappa shape index (κ1) is 12.1. The summed E-state index contributed by atoms with van der Waals surface area (Å²) < 4.78 is 52.7. The molecule has 0 atom stereocenters. The lowest BCUT2D eigenvalue weighted by Gasteiger charge is -2.22. The van der Waals surface area contributed by atoms with Crippen molar-refractivity contribution in [3.05, 3.63) is 34.4 Å². The Morgan fingerprint density at radius 1 is 0.867 bits per heavy atom. The molecule has 0 aliphatic carbocycles. The molecule has 0 nitrogen and oxygen atoms in total. The minimum atomic E-state index is -1.69. The van der Waals surface area contributed by atoms with Gasteiger partial charge in [-0.1, -0.05) is 13.8 Å². The Kier molecular flexibility index (Phi) is 2.85. The standard InChI is InChI=1S/C10H9BF4/c1-4-6(12)5(10(2,3)11)8(14)9(15)7(4)13/h1-3H3. The van der Waals surface area contributed by atoms with Crippen LogP contribution in [0.4, 0.5) is 17.6 Å². The van der Waals surface area contributed by atoms with E-state index in [0.717, 1.165) is 6.92 Å². The van der Waals surface area contributed by atoms with Crippen LogP contribution in [-0.4, -0.2) is 7.85 Å². The van der Waals surface area contributed by atoms with E-state index in [1.54, 1.807) is 0 Å². The number of hydrogen-bond donors (Lipinski definition) is 0. The summed E-state index contributed by atoms with van der Waals surface area (Å²) in [5, 5.41) is -1.41. The molecule has 15 heavy (non-hydrogen) atoms. The lowest BCUT2D eigenvalue weighted by Crippen LogP contribution is -2.23. The van der Waals surface area contributed by atoms with Gasteiger partial charge >= 0.3 is 0 Å². The molecule has 0 aliphatic rings. The van der Waals surface area contributed by atoms with E-state index in [4.69, 9.17) is 7.85 Å². The monoisotopic (exact) mass is 216 g/mol. The number of halogens is 4. The van der Waals surface area contributed by atoms with Crippen molar-refractivity contribution in [2.45, 2.75) is 26.1 Å². The Morgan fingerprint density at radius 3 is 1.73 bits per heavy atom. The van der Waals surface area contributed by atoms with E-state index in [1.165, 1.54) is 13.8 Å². The largest absolute Gasteiger partial charge is 0.206 e. The Morgan fingerprint density at radius 2 is 1.33 bits per heavy atom. The van der Waals surface area contributed by atoms with E-state index in [1.807, 2.05) is 0 Å². The fourth-order valence-electron chi connectivity index (χ4n) is 1.32. The van der Waals surface area contributed by atoms with Crippen LogP contribution in [-0.2, 0) is 5.31 Å². The zero-order valence-corrected chi connectivity index (χ0v) is 8.59. The SMILES string of the molecule is [B]C(C)(C)c1c(F)c(C)c(F)c(F)c1F. The van der Waals surface area contributed by atoms with Crippen LogP contribution in [0.1, 0.15) is 25.0 Å². The van der Waals surface area contributed by atoms with Crippen LogP contribution in [0.2, 0.25) is 0 Å². The quantitative estimate of drug-likeness (QED) is 0.293. The summed E-state index contributed by atoms with van der Waals surface area (Å²) in [6.07, 6.45) is 0. The fraction of sp³-hybridized carbons (Fsp3) is 0.400. The molecular weight excluding hydrogens is 207 g/mol. The minimum Gasteiger partial charge on any atom is -0.206 e. The fourth-order valence-corrected chi connectivity index (χ4v) is 1.32. The van der Waals surface area contributed by atoms with E-state index >= 15 is 0 Å². The molecule has 1 aromatic carbocycles. The molecule has 0 spiro atoms. The molecule has 0 bridgehead atoms. The second-order valence-electron chi connectivity index (χ2n) is 3.98. The second kappa shape index (κ2) is 3.54. The third kappa shape index (κ3) is 1.87. The molecule has 0 aliphatic heterocycles. The zero-order chi connectivity index (χ0) is 12.0. The molecule has 0 amide bonds. The highest BCUT2D eigenvalue weighted by Gasteiger charge is 2.29. The van der Waals surface area contributed by atoms with Crippen LogP contribution in [0.5, 0.6) is 0 Å².